The van der Waals surface area contributed by atoms with Crippen molar-refractivity contribution in [2.24, 2.45) is 5.73 Å². The Morgan fingerprint density at radius 1 is 1.50 bits per heavy atom. The first kappa shape index (κ1) is 14.8. The Kier molecular flexibility index (Phi) is 4.98. The monoisotopic (exact) mass is 292 g/mol. The molecule has 0 spiro atoms. The van der Waals surface area contributed by atoms with E-state index in [1.165, 1.54) is 0 Å². The summed E-state index contributed by atoms with van der Waals surface area (Å²) in [5, 5.41) is 2.03. The summed E-state index contributed by atoms with van der Waals surface area (Å²) in [6.07, 6.45) is 0.457. The predicted octanol–water partition coefficient (Wildman–Crippen LogP) is 2.41. The van der Waals surface area contributed by atoms with Gasteiger partial charge in [-0.1, -0.05) is 30.7 Å². The Balaban J connectivity index is 2.97. The van der Waals surface area contributed by atoms with E-state index in [9.17, 15) is 13.6 Å². The number of carbonyl (C=O) groups is 1. The van der Waals surface area contributed by atoms with Crippen molar-refractivity contribution in [3.05, 3.63) is 34.4 Å². The van der Waals surface area contributed by atoms with E-state index in [0.29, 0.717) is 6.42 Å². The Labute approximate surface area is 113 Å². The molecule has 98 valence electrons. The minimum atomic E-state index is -0.906. The van der Waals surface area contributed by atoms with Gasteiger partial charge in [0.15, 0.2) is 0 Å². The summed E-state index contributed by atoms with van der Waals surface area (Å²) in [6, 6.07) is 0.915. The van der Waals surface area contributed by atoms with Crippen molar-refractivity contribution in [2.75, 3.05) is 0 Å². The van der Waals surface area contributed by atoms with Crippen LogP contribution in [-0.2, 0) is 0 Å². The lowest BCUT2D eigenvalue weighted by atomic mass is 10.1. The molecule has 0 radical (unpaired) electrons. The minimum absolute atomic E-state index is 0.0840. The fourth-order valence-corrected chi connectivity index (χ4v) is 1.68. The van der Waals surface area contributed by atoms with E-state index in [-0.39, 0.29) is 10.0 Å². The number of amides is 1. The first-order chi connectivity index (χ1) is 8.36. The van der Waals surface area contributed by atoms with E-state index in [0.717, 1.165) is 12.1 Å². The molecule has 1 rings (SSSR count). The van der Waals surface area contributed by atoms with Crippen LogP contribution in [0.25, 0.3) is 0 Å². The summed E-state index contributed by atoms with van der Waals surface area (Å²) in [5.41, 5.74) is 4.96. The van der Waals surface area contributed by atoms with Crippen LogP contribution in [0.1, 0.15) is 23.7 Å². The molecule has 1 aromatic carbocycles. The third kappa shape index (κ3) is 3.36. The van der Waals surface area contributed by atoms with Crippen molar-refractivity contribution in [1.82, 2.24) is 5.32 Å². The summed E-state index contributed by atoms with van der Waals surface area (Å²) in [7, 11) is 0. The van der Waals surface area contributed by atoms with Crippen molar-refractivity contribution in [1.29, 1.82) is 0 Å². The number of nitrogens with two attached hydrogens (primary N) is 1. The van der Waals surface area contributed by atoms with Crippen LogP contribution >= 0.6 is 23.8 Å². The van der Waals surface area contributed by atoms with Crippen LogP contribution in [0.15, 0.2) is 12.1 Å². The molecule has 3 N–H and O–H groups in total. The van der Waals surface area contributed by atoms with Crippen LogP contribution in [0.3, 0.4) is 0 Å². The lowest BCUT2D eigenvalue weighted by Crippen LogP contribution is -2.43. The van der Waals surface area contributed by atoms with Crippen LogP contribution in [0.2, 0.25) is 5.02 Å². The van der Waals surface area contributed by atoms with Gasteiger partial charge in [-0.3, -0.25) is 4.79 Å². The van der Waals surface area contributed by atoms with Gasteiger partial charge in [-0.2, -0.15) is 0 Å². The van der Waals surface area contributed by atoms with Gasteiger partial charge in [0.1, 0.15) is 11.6 Å². The molecule has 0 aliphatic heterocycles. The van der Waals surface area contributed by atoms with E-state index < -0.39 is 29.1 Å². The van der Waals surface area contributed by atoms with E-state index in [1.54, 1.807) is 6.92 Å². The van der Waals surface area contributed by atoms with Crippen LogP contribution in [0.5, 0.6) is 0 Å². The highest BCUT2D eigenvalue weighted by atomic mass is 35.5. The third-order valence-corrected chi connectivity index (χ3v) is 2.89. The van der Waals surface area contributed by atoms with Gasteiger partial charge in [0.2, 0.25) is 0 Å². The Hall–Kier alpha value is -1.27. The Morgan fingerprint density at radius 3 is 2.61 bits per heavy atom. The molecule has 3 nitrogen and oxygen atoms in total. The van der Waals surface area contributed by atoms with Gasteiger partial charge in [-0.25, -0.2) is 8.78 Å². The van der Waals surface area contributed by atoms with E-state index in [2.05, 4.69) is 5.32 Å². The smallest absolute Gasteiger partial charge is 0.254 e. The summed E-state index contributed by atoms with van der Waals surface area (Å²) in [5.74, 6) is -2.56. The van der Waals surface area contributed by atoms with Crippen molar-refractivity contribution in [2.45, 2.75) is 19.4 Å². The first-order valence-electron chi connectivity index (χ1n) is 5.11. The van der Waals surface area contributed by atoms with Crippen LogP contribution in [-0.4, -0.2) is 16.9 Å². The summed E-state index contributed by atoms with van der Waals surface area (Å²) in [6.45, 7) is 1.75. The molecule has 1 atom stereocenters. The molecular formula is C11H11ClF2N2OS. The molecule has 0 bridgehead atoms. The fraction of sp³-hybridized carbons (Fsp3) is 0.273. The topological polar surface area (TPSA) is 55.1 Å². The molecule has 0 saturated heterocycles. The summed E-state index contributed by atoms with van der Waals surface area (Å²) >= 11 is 10.1. The van der Waals surface area contributed by atoms with Crippen molar-refractivity contribution < 1.29 is 13.6 Å². The molecule has 0 heterocycles. The quantitative estimate of drug-likeness (QED) is 0.662. The number of hydrogen-bond acceptors (Lipinski definition) is 2. The molecule has 1 unspecified atom stereocenters. The number of benzene rings is 1. The lowest BCUT2D eigenvalue weighted by Gasteiger charge is -2.15. The van der Waals surface area contributed by atoms with Crippen LogP contribution in [0.4, 0.5) is 8.78 Å². The Bertz CT molecular complexity index is 496. The molecule has 0 aromatic heterocycles. The van der Waals surface area contributed by atoms with E-state index >= 15 is 0 Å². The molecule has 0 aliphatic carbocycles. The SMILES string of the molecule is CCC(NC(=O)c1cc(F)c(Cl)cc1F)C(N)=S. The van der Waals surface area contributed by atoms with Crippen molar-refractivity contribution in [3.63, 3.8) is 0 Å². The highest BCUT2D eigenvalue weighted by Gasteiger charge is 2.19. The molecule has 0 saturated carbocycles. The average molecular weight is 293 g/mol. The highest BCUT2D eigenvalue weighted by Crippen LogP contribution is 2.19. The van der Waals surface area contributed by atoms with Gasteiger partial charge < -0.3 is 11.1 Å². The number of nitrogens with one attached hydrogen (secondary N) is 1. The molecule has 0 fully saturated rings. The standard InChI is InChI=1S/C11H11ClF2N2OS/c1-2-9(10(15)18)16-11(17)5-3-8(14)6(12)4-7(5)13/h3-4,9H,2H2,1H3,(H2,15,18)(H,16,17). The molecule has 18 heavy (non-hydrogen) atoms. The maximum absolute atomic E-state index is 13.5. The molecule has 1 aromatic rings. The number of thiocarbonyl (C=S) groups is 1. The average Bonchev–Trinajstić information content (AvgIpc) is 2.29. The second-order valence-electron chi connectivity index (χ2n) is 3.58. The largest absolute Gasteiger partial charge is 0.392 e. The van der Waals surface area contributed by atoms with Crippen LogP contribution < -0.4 is 11.1 Å². The number of rotatable bonds is 4. The van der Waals surface area contributed by atoms with Gasteiger partial charge in [0.05, 0.1) is 21.6 Å². The summed E-state index contributed by atoms with van der Waals surface area (Å²) in [4.78, 5) is 11.8. The van der Waals surface area contributed by atoms with E-state index in [4.69, 9.17) is 29.6 Å². The molecular weight excluding hydrogens is 282 g/mol. The second kappa shape index (κ2) is 6.06. The van der Waals surface area contributed by atoms with Gasteiger partial charge >= 0.3 is 0 Å². The van der Waals surface area contributed by atoms with Crippen molar-refractivity contribution in [3.8, 4) is 0 Å². The van der Waals surface area contributed by atoms with Gasteiger partial charge in [0, 0.05) is 0 Å². The normalized spacial score (nSPS) is 12.0. The zero-order valence-corrected chi connectivity index (χ0v) is 11.0. The zero-order chi connectivity index (χ0) is 13.9. The first-order valence-corrected chi connectivity index (χ1v) is 5.90. The molecule has 1 amide bonds. The summed E-state index contributed by atoms with van der Waals surface area (Å²) < 4.78 is 26.6. The van der Waals surface area contributed by atoms with Crippen molar-refractivity contribution >= 4 is 34.7 Å². The minimum Gasteiger partial charge on any atom is -0.392 e. The number of halogens is 3. The van der Waals surface area contributed by atoms with E-state index in [1.807, 2.05) is 0 Å². The maximum Gasteiger partial charge on any atom is 0.254 e. The van der Waals surface area contributed by atoms with Gasteiger partial charge in [-0.15, -0.1) is 0 Å². The Morgan fingerprint density at radius 2 is 2.11 bits per heavy atom. The molecule has 7 heteroatoms. The van der Waals surface area contributed by atoms with Crippen LogP contribution in [0, 0.1) is 11.6 Å². The third-order valence-electron chi connectivity index (χ3n) is 2.31. The zero-order valence-electron chi connectivity index (χ0n) is 9.47. The number of hydrogen-bond donors (Lipinski definition) is 2. The second-order valence-corrected chi connectivity index (χ2v) is 4.46. The van der Waals surface area contributed by atoms with Gasteiger partial charge in [-0.05, 0) is 18.6 Å². The maximum atomic E-state index is 13.5. The fourth-order valence-electron chi connectivity index (χ4n) is 1.31. The predicted molar refractivity (Wildman–Crippen MR) is 69.7 cm³/mol. The number of carbonyl (C=O) groups excluding carboxylic acids is 1. The lowest BCUT2D eigenvalue weighted by molar-refractivity contribution is 0.0942. The molecule has 0 aliphatic rings. The highest BCUT2D eigenvalue weighted by molar-refractivity contribution is 7.80. The van der Waals surface area contributed by atoms with Gasteiger partial charge in [0.25, 0.3) is 5.91 Å².